The van der Waals surface area contributed by atoms with E-state index in [9.17, 15) is 13.2 Å². The molecule has 2 N–H and O–H groups in total. The second kappa shape index (κ2) is 9.84. The molecule has 0 radical (unpaired) electrons. The van der Waals surface area contributed by atoms with Crippen molar-refractivity contribution < 1.29 is 13.2 Å². The van der Waals surface area contributed by atoms with Gasteiger partial charge < -0.3 is 5.32 Å². The number of nitrogens with one attached hydrogen (secondary N) is 2. The molecule has 164 valence electrons. The lowest BCUT2D eigenvalue weighted by Crippen LogP contribution is -2.31. The van der Waals surface area contributed by atoms with Gasteiger partial charge in [-0.25, -0.2) is 22.8 Å². The van der Waals surface area contributed by atoms with Gasteiger partial charge in [-0.05, 0) is 43.0 Å². The van der Waals surface area contributed by atoms with E-state index in [4.69, 9.17) is 0 Å². The highest BCUT2D eigenvalue weighted by atomic mass is 32.2. The van der Waals surface area contributed by atoms with Crippen LogP contribution in [0, 0.1) is 20.8 Å². The van der Waals surface area contributed by atoms with Gasteiger partial charge in [0.2, 0.25) is 15.9 Å². The number of sulfonamides is 1. The van der Waals surface area contributed by atoms with Gasteiger partial charge in [-0.3, -0.25) is 4.79 Å². The lowest BCUT2D eigenvalue weighted by molar-refractivity contribution is -0.121. The Balaban J connectivity index is 1.50. The van der Waals surface area contributed by atoms with E-state index in [1.165, 1.54) is 6.33 Å². The van der Waals surface area contributed by atoms with E-state index in [0.29, 0.717) is 24.2 Å². The van der Waals surface area contributed by atoms with E-state index < -0.39 is 10.0 Å². The number of nitrogens with zero attached hydrogens (tertiary/aromatic N) is 3. The molecule has 1 aromatic heterocycles. The summed E-state index contributed by atoms with van der Waals surface area (Å²) in [6, 6.07) is 11.5. The standard InChI is InChI=1S/C22H27N5O3S/c1-16-9-17(2)22(18(3)10-16)31(29,30)26-8-7-21(28)24-12-19-5-4-6-20(11-19)13-27-15-23-14-25-27/h4-6,9-11,14-15,26H,7-8,12-13H2,1-3H3,(H,24,28). The molecule has 0 aliphatic heterocycles. The molecule has 2 aromatic carbocycles. The molecule has 0 aliphatic carbocycles. The fraction of sp³-hybridized carbons (Fsp3) is 0.318. The van der Waals surface area contributed by atoms with Crippen molar-refractivity contribution in [2.24, 2.45) is 0 Å². The highest BCUT2D eigenvalue weighted by Crippen LogP contribution is 2.21. The molecule has 8 nitrogen and oxygen atoms in total. The molecule has 0 fully saturated rings. The van der Waals surface area contributed by atoms with Gasteiger partial charge in [0, 0.05) is 19.5 Å². The Labute approximate surface area is 182 Å². The molecule has 0 unspecified atom stereocenters. The minimum atomic E-state index is -3.68. The minimum absolute atomic E-state index is 0.0350. The zero-order valence-electron chi connectivity index (χ0n) is 17.9. The molecule has 1 amide bonds. The van der Waals surface area contributed by atoms with Crippen LogP contribution in [0.1, 0.15) is 34.2 Å². The van der Waals surface area contributed by atoms with Crippen molar-refractivity contribution >= 4 is 15.9 Å². The molecule has 0 saturated heterocycles. The van der Waals surface area contributed by atoms with Crippen LogP contribution in [0.3, 0.4) is 0 Å². The summed E-state index contributed by atoms with van der Waals surface area (Å²) >= 11 is 0. The topological polar surface area (TPSA) is 106 Å². The molecule has 0 spiro atoms. The maximum absolute atomic E-state index is 12.7. The maximum Gasteiger partial charge on any atom is 0.241 e. The molecule has 0 aliphatic rings. The lowest BCUT2D eigenvalue weighted by atomic mass is 10.1. The number of rotatable bonds is 9. The summed E-state index contributed by atoms with van der Waals surface area (Å²) in [7, 11) is -3.68. The molecule has 3 aromatic rings. The molecule has 0 saturated carbocycles. The predicted molar refractivity (Wildman–Crippen MR) is 118 cm³/mol. The fourth-order valence-electron chi connectivity index (χ4n) is 3.59. The lowest BCUT2D eigenvalue weighted by Gasteiger charge is -2.13. The van der Waals surface area contributed by atoms with E-state index in [-0.39, 0.29) is 23.8 Å². The first kappa shape index (κ1) is 22.6. The number of benzene rings is 2. The van der Waals surface area contributed by atoms with E-state index >= 15 is 0 Å². The Morgan fingerprint density at radius 3 is 2.45 bits per heavy atom. The summed E-state index contributed by atoms with van der Waals surface area (Å²) in [5.41, 5.74) is 4.41. The van der Waals surface area contributed by atoms with Crippen LogP contribution in [0.25, 0.3) is 0 Å². The van der Waals surface area contributed by atoms with Crippen LogP contribution in [0.5, 0.6) is 0 Å². The number of amides is 1. The fourth-order valence-corrected chi connectivity index (χ4v) is 5.07. The Morgan fingerprint density at radius 2 is 1.77 bits per heavy atom. The van der Waals surface area contributed by atoms with Crippen LogP contribution in [0.2, 0.25) is 0 Å². The smallest absolute Gasteiger partial charge is 0.241 e. The molecule has 31 heavy (non-hydrogen) atoms. The zero-order chi connectivity index (χ0) is 22.4. The van der Waals surface area contributed by atoms with Gasteiger partial charge in [0.05, 0.1) is 11.4 Å². The third-order valence-electron chi connectivity index (χ3n) is 4.81. The number of carbonyl (C=O) groups is 1. The van der Waals surface area contributed by atoms with E-state index in [1.807, 2.05) is 43.3 Å². The predicted octanol–water partition coefficient (Wildman–Crippen LogP) is 2.24. The summed E-state index contributed by atoms with van der Waals surface area (Å²) < 4.78 is 29.6. The Hall–Kier alpha value is -3.04. The Bertz CT molecular complexity index is 1130. The first-order chi connectivity index (χ1) is 14.7. The van der Waals surface area contributed by atoms with Gasteiger partial charge in [0.1, 0.15) is 12.7 Å². The van der Waals surface area contributed by atoms with Gasteiger partial charge >= 0.3 is 0 Å². The van der Waals surface area contributed by atoms with Gasteiger partial charge in [-0.2, -0.15) is 5.10 Å². The summed E-state index contributed by atoms with van der Waals surface area (Å²) in [4.78, 5) is 16.4. The number of hydrogen-bond donors (Lipinski definition) is 2. The van der Waals surface area contributed by atoms with Crippen molar-refractivity contribution in [2.45, 2.75) is 45.2 Å². The van der Waals surface area contributed by atoms with Gasteiger partial charge in [-0.1, -0.05) is 42.0 Å². The average Bonchev–Trinajstić information content (AvgIpc) is 3.18. The SMILES string of the molecule is Cc1cc(C)c(S(=O)(=O)NCCC(=O)NCc2cccc(Cn3cncn3)c2)c(C)c1. The zero-order valence-corrected chi connectivity index (χ0v) is 18.7. The maximum atomic E-state index is 12.7. The average molecular weight is 442 g/mol. The summed E-state index contributed by atoms with van der Waals surface area (Å²) in [6.45, 7) is 6.48. The summed E-state index contributed by atoms with van der Waals surface area (Å²) in [5.74, 6) is -0.221. The van der Waals surface area contributed by atoms with Crippen molar-refractivity contribution in [3.05, 3.63) is 76.9 Å². The quantitative estimate of drug-likeness (QED) is 0.530. The Morgan fingerprint density at radius 1 is 1.06 bits per heavy atom. The third kappa shape index (κ3) is 6.22. The summed E-state index contributed by atoms with van der Waals surface area (Å²) in [6.07, 6.45) is 3.19. The monoisotopic (exact) mass is 441 g/mol. The minimum Gasteiger partial charge on any atom is -0.352 e. The van der Waals surface area contributed by atoms with Crippen LogP contribution < -0.4 is 10.0 Å². The number of aryl methyl sites for hydroxylation is 3. The number of carbonyl (C=O) groups excluding carboxylic acids is 1. The molecular formula is C22H27N5O3S. The van der Waals surface area contributed by atoms with Crippen molar-refractivity contribution in [3.8, 4) is 0 Å². The van der Waals surface area contributed by atoms with Crippen molar-refractivity contribution in [1.82, 2.24) is 24.8 Å². The van der Waals surface area contributed by atoms with Crippen molar-refractivity contribution in [3.63, 3.8) is 0 Å². The molecule has 0 atom stereocenters. The normalized spacial score (nSPS) is 11.5. The molecule has 1 heterocycles. The van der Waals surface area contributed by atoms with E-state index in [0.717, 1.165) is 16.7 Å². The third-order valence-corrected chi connectivity index (χ3v) is 6.58. The van der Waals surface area contributed by atoms with Crippen LogP contribution in [-0.2, 0) is 27.9 Å². The van der Waals surface area contributed by atoms with Gasteiger partial charge in [-0.15, -0.1) is 0 Å². The second-order valence-electron chi connectivity index (χ2n) is 7.57. The second-order valence-corrected chi connectivity index (χ2v) is 9.27. The van der Waals surface area contributed by atoms with Crippen molar-refractivity contribution in [2.75, 3.05) is 6.54 Å². The number of aromatic nitrogens is 3. The van der Waals surface area contributed by atoms with E-state index in [2.05, 4.69) is 20.1 Å². The summed E-state index contributed by atoms with van der Waals surface area (Å²) in [5, 5.41) is 6.92. The highest BCUT2D eigenvalue weighted by molar-refractivity contribution is 7.89. The van der Waals surface area contributed by atoms with Gasteiger partial charge in [0.15, 0.2) is 0 Å². The Kier molecular flexibility index (Phi) is 7.19. The van der Waals surface area contributed by atoms with Crippen LogP contribution in [-0.4, -0.2) is 35.6 Å². The molecule has 9 heteroatoms. The molecular weight excluding hydrogens is 414 g/mol. The van der Waals surface area contributed by atoms with Crippen LogP contribution >= 0.6 is 0 Å². The first-order valence-corrected chi connectivity index (χ1v) is 11.5. The largest absolute Gasteiger partial charge is 0.352 e. The van der Waals surface area contributed by atoms with E-state index in [1.54, 1.807) is 24.9 Å². The molecule has 3 rings (SSSR count). The highest BCUT2D eigenvalue weighted by Gasteiger charge is 2.19. The van der Waals surface area contributed by atoms with Gasteiger partial charge in [0.25, 0.3) is 0 Å². The van der Waals surface area contributed by atoms with Crippen LogP contribution in [0.15, 0.2) is 53.9 Å². The first-order valence-electron chi connectivity index (χ1n) is 9.99. The van der Waals surface area contributed by atoms with Crippen LogP contribution in [0.4, 0.5) is 0 Å². The number of hydrogen-bond acceptors (Lipinski definition) is 5. The molecule has 0 bridgehead atoms. The van der Waals surface area contributed by atoms with Crippen molar-refractivity contribution in [1.29, 1.82) is 0 Å².